The smallest absolute Gasteiger partial charge is 0.194 e. The lowest BCUT2D eigenvalue weighted by molar-refractivity contribution is 0.273. The molecule has 6 nitrogen and oxygen atoms in total. The maximum Gasteiger partial charge on any atom is 0.194 e. The van der Waals surface area contributed by atoms with Crippen LogP contribution in [-0.2, 0) is 13.6 Å². The Morgan fingerprint density at radius 2 is 2.05 bits per heavy atom. The molecule has 0 atom stereocenters. The normalized spacial score (nSPS) is 17.1. The van der Waals surface area contributed by atoms with Gasteiger partial charge in [0.25, 0.3) is 0 Å². The number of aromatic nitrogens is 3. The number of likely N-dealkylation sites (tertiary alicyclic amines) is 1. The van der Waals surface area contributed by atoms with Crippen LogP contribution in [0.3, 0.4) is 0 Å². The van der Waals surface area contributed by atoms with E-state index in [-0.39, 0.29) is 0 Å². The summed E-state index contributed by atoms with van der Waals surface area (Å²) in [4.78, 5) is 7.18. The van der Waals surface area contributed by atoms with Crippen LogP contribution >= 0.6 is 0 Å². The molecule has 0 saturated carbocycles. The molecule has 0 unspecified atom stereocenters. The van der Waals surface area contributed by atoms with Crippen molar-refractivity contribution < 1.29 is 0 Å². The summed E-state index contributed by atoms with van der Waals surface area (Å²) in [5.74, 6) is 3.70. The van der Waals surface area contributed by atoms with Crippen molar-refractivity contribution in [3.8, 4) is 0 Å². The van der Waals surface area contributed by atoms with E-state index in [1.807, 2.05) is 18.5 Å². The van der Waals surface area contributed by atoms with Crippen molar-refractivity contribution in [1.82, 2.24) is 25.0 Å². The summed E-state index contributed by atoms with van der Waals surface area (Å²) in [6, 6.07) is 0. The van der Waals surface area contributed by atoms with Crippen LogP contribution in [0, 0.1) is 12.8 Å². The van der Waals surface area contributed by atoms with Crippen molar-refractivity contribution in [2.24, 2.45) is 18.0 Å². The summed E-state index contributed by atoms with van der Waals surface area (Å²) in [5.41, 5.74) is 0. The minimum Gasteiger partial charge on any atom is -0.356 e. The van der Waals surface area contributed by atoms with Crippen LogP contribution in [0.15, 0.2) is 4.99 Å². The first kappa shape index (κ1) is 16.8. The van der Waals surface area contributed by atoms with Gasteiger partial charge in [-0.05, 0) is 32.1 Å². The molecule has 1 N–H and O–H groups in total. The highest BCUT2D eigenvalue weighted by atomic mass is 15.3. The Morgan fingerprint density at radius 1 is 1.32 bits per heavy atom. The molecule has 1 saturated heterocycles. The SMILES string of the molecule is CCCCNC(=NCc1nnc(C)n1C)N1CCC(C)CC1. The number of aryl methyl sites for hydroxylation is 1. The predicted molar refractivity (Wildman–Crippen MR) is 89.8 cm³/mol. The highest BCUT2D eigenvalue weighted by Gasteiger charge is 2.18. The molecule has 0 radical (unpaired) electrons. The second-order valence-corrected chi connectivity index (χ2v) is 6.31. The van der Waals surface area contributed by atoms with Gasteiger partial charge in [-0.2, -0.15) is 0 Å². The third-order valence-corrected chi connectivity index (χ3v) is 4.45. The van der Waals surface area contributed by atoms with E-state index in [4.69, 9.17) is 4.99 Å². The number of guanidine groups is 1. The summed E-state index contributed by atoms with van der Waals surface area (Å²) in [7, 11) is 1.99. The molecule has 0 bridgehead atoms. The van der Waals surface area contributed by atoms with Crippen LogP contribution in [0.4, 0.5) is 0 Å². The Labute approximate surface area is 134 Å². The zero-order chi connectivity index (χ0) is 15.9. The fourth-order valence-corrected chi connectivity index (χ4v) is 2.60. The number of hydrogen-bond acceptors (Lipinski definition) is 3. The fraction of sp³-hybridized carbons (Fsp3) is 0.812. The lowest BCUT2D eigenvalue weighted by Crippen LogP contribution is -2.45. The Balaban J connectivity index is 2.02. The monoisotopic (exact) mass is 306 g/mol. The molecule has 2 heterocycles. The zero-order valence-corrected chi connectivity index (χ0v) is 14.5. The first-order valence-electron chi connectivity index (χ1n) is 8.50. The molecule has 1 fully saturated rings. The van der Waals surface area contributed by atoms with Gasteiger partial charge < -0.3 is 14.8 Å². The van der Waals surface area contributed by atoms with Gasteiger partial charge >= 0.3 is 0 Å². The van der Waals surface area contributed by atoms with Crippen molar-refractivity contribution >= 4 is 5.96 Å². The fourth-order valence-electron chi connectivity index (χ4n) is 2.60. The summed E-state index contributed by atoms with van der Waals surface area (Å²) in [5, 5.41) is 11.8. The van der Waals surface area contributed by atoms with Crippen LogP contribution in [-0.4, -0.2) is 45.3 Å². The quantitative estimate of drug-likeness (QED) is 0.514. The van der Waals surface area contributed by atoms with Gasteiger partial charge in [0.1, 0.15) is 12.4 Å². The van der Waals surface area contributed by atoms with Gasteiger partial charge in [0.2, 0.25) is 0 Å². The first-order valence-corrected chi connectivity index (χ1v) is 8.50. The molecule has 1 aromatic heterocycles. The van der Waals surface area contributed by atoms with E-state index in [2.05, 4.69) is 34.3 Å². The van der Waals surface area contributed by atoms with E-state index >= 15 is 0 Å². The third kappa shape index (κ3) is 4.45. The number of nitrogens with one attached hydrogen (secondary N) is 1. The molecule has 2 rings (SSSR count). The van der Waals surface area contributed by atoms with Crippen molar-refractivity contribution in [2.75, 3.05) is 19.6 Å². The molecule has 0 aromatic carbocycles. The van der Waals surface area contributed by atoms with Gasteiger partial charge in [-0.25, -0.2) is 4.99 Å². The minimum absolute atomic E-state index is 0.581. The van der Waals surface area contributed by atoms with Crippen LogP contribution in [0.25, 0.3) is 0 Å². The standard InChI is InChI=1S/C16H30N6/c1-5-6-9-17-16(22-10-7-13(2)8-11-22)18-12-15-20-19-14(3)21(15)4/h13H,5-12H2,1-4H3,(H,17,18). The van der Waals surface area contributed by atoms with Crippen molar-refractivity contribution in [2.45, 2.75) is 53.0 Å². The average molecular weight is 306 g/mol. The van der Waals surface area contributed by atoms with Crippen molar-refractivity contribution in [1.29, 1.82) is 0 Å². The van der Waals surface area contributed by atoms with Gasteiger partial charge in [0.15, 0.2) is 11.8 Å². The summed E-state index contributed by atoms with van der Waals surface area (Å²) < 4.78 is 2.01. The van der Waals surface area contributed by atoms with Gasteiger partial charge in [-0.1, -0.05) is 20.3 Å². The summed E-state index contributed by atoms with van der Waals surface area (Å²) in [6.45, 7) is 10.3. The molecule has 0 aliphatic carbocycles. The molecule has 0 amide bonds. The largest absolute Gasteiger partial charge is 0.356 e. The second kappa shape index (κ2) is 8.15. The number of aliphatic imine (C=N–C) groups is 1. The van der Waals surface area contributed by atoms with Gasteiger partial charge in [-0.3, -0.25) is 0 Å². The Bertz CT molecular complexity index is 485. The van der Waals surface area contributed by atoms with E-state index in [1.54, 1.807) is 0 Å². The molecule has 1 aromatic rings. The van der Waals surface area contributed by atoms with E-state index in [0.29, 0.717) is 6.54 Å². The lowest BCUT2D eigenvalue weighted by Gasteiger charge is -2.33. The Hall–Kier alpha value is -1.59. The van der Waals surface area contributed by atoms with Crippen LogP contribution < -0.4 is 5.32 Å². The first-order chi connectivity index (χ1) is 10.6. The molecule has 22 heavy (non-hydrogen) atoms. The number of hydrogen-bond donors (Lipinski definition) is 1. The lowest BCUT2D eigenvalue weighted by atomic mass is 10.00. The molecule has 6 heteroatoms. The van der Waals surface area contributed by atoms with E-state index in [0.717, 1.165) is 43.2 Å². The van der Waals surface area contributed by atoms with Crippen molar-refractivity contribution in [3.63, 3.8) is 0 Å². The molecular formula is C16H30N6. The Morgan fingerprint density at radius 3 is 2.64 bits per heavy atom. The number of rotatable bonds is 5. The minimum atomic E-state index is 0.581. The van der Waals surface area contributed by atoms with Crippen molar-refractivity contribution in [3.05, 3.63) is 11.6 Å². The zero-order valence-electron chi connectivity index (χ0n) is 14.5. The van der Waals surface area contributed by atoms with Gasteiger partial charge in [-0.15, -0.1) is 10.2 Å². The second-order valence-electron chi connectivity index (χ2n) is 6.31. The van der Waals surface area contributed by atoms with E-state index in [1.165, 1.54) is 25.7 Å². The third-order valence-electron chi connectivity index (χ3n) is 4.45. The molecule has 124 valence electrons. The van der Waals surface area contributed by atoms with Crippen LogP contribution in [0.5, 0.6) is 0 Å². The molecule has 0 spiro atoms. The maximum absolute atomic E-state index is 4.80. The summed E-state index contributed by atoms with van der Waals surface area (Å²) >= 11 is 0. The van der Waals surface area contributed by atoms with Gasteiger partial charge in [0, 0.05) is 26.7 Å². The van der Waals surface area contributed by atoms with E-state index in [9.17, 15) is 0 Å². The Kier molecular flexibility index (Phi) is 6.21. The number of nitrogens with zero attached hydrogens (tertiary/aromatic N) is 5. The molecular weight excluding hydrogens is 276 g/mol. The molecule has 1 aliphatic heterocycles. The van der Waals surface area contributed by atoms with Crippen LogP contribution in [0.1, 0.15) is 51.2 Å². The van der Waals surface area contributed by atoms with Gasteiger partial charge in [0.05, 0.1) is 0 Å². The number of unbranched alkanes of at least 4 members (excludes halogenated alkanes) is 1. The highest BCUT2D eigenvalue weighted by molar-refractivity contribution is 5.80. The summed E-state index contributed by atoms with van der Waals surface area (Å²) in [6.07, 6.45) is 4.86. The predicted octanol–water partition coefficient (Wildman–Crippen LogP) is 2.10. The van der Waals surface area contributed by atoms with E-state index < -0.39 is 0 Å². The topological polar surface area (TPSA) is 58.3 Å². The average Bonchev–Trinajstić information content (AvgIpc) is 2.83. The van der Waals surface area contributed by atoms with Crippen LogP contribution in [0.2, 0.25) is 0 Å². The number of piperidine rings is 1. The maximum atomic E-state index is 4.80. The molecule has 1 aliphatic rings. The highest BCUT2D eigenvalue weighted by Crippen LogP contribution is 2.16.